The van der Waals surface area contributed by atoms with Gasteiger partial charge in [-0.3, -0.25) is 10.8 Å². The van der Waals surface area contributed by atoms with Crippen LogP contribution in [0.15, 0.2) is 24.3 Å². The number of halogens is 2. The molecule has 1 aromatic rings. The van der Waals surface area contributed by atoms with E-state index in [0.717, 1.165) is 18.4 Å². The number of rotatable bonds is 4. The third-order valence-electron chi connectivity index (χ3n) is 3.99. The lowest BCUT2D eigenvalue weighted by Gasteiger charge is -2.23. The van der Waals surface area contributed by atoms with Gasteiger partial charge in [0, 0.05) is 24.7 Å². The van der Waals surface area contributed by atoms with Crippen LogP contribution in [0.5, 0.6) is 0 Å². The summed E-state index contributed by atoms with van der Waals surface area (Å²) in [4.78, 5) is 0. The molecule has 4 nitrogen and oxygen atoms in total. The topological polar surface area (TPSA) is 66.2 Å². The third-order valence-corrected chi connectivity index (χ3v) is 3.99. The van der Waals surface area contributed by atoms with Crippen LogP contribution in [0.4, 0.5) is 8.78 Å². The maximum absolute atomic E-state index is 14.3. The van der Waals surface area contributed by atoms with E-state index >= 15 is 0 Å². The van der Waals surface area contributed by atoms with Gasteiger partial charge in [0.2, 0.25) is 0 Å². The highest BCUT2D eigenvalue weighted by molar-refractivity contribution is 5.93. The molecule has 1 saturated heterocycles. The molecule has 1 heterocycles. The van der Waals surface area contributed by atoms with Crippen molar-refractivity contribution < 1.29 is 18.3 Å². The second kappa shape index (κ2) is 7.17. The van der Waals surface area contributed by atoms with Crippen LogP contribution in [0.25, 0.3) is 0 Å². The fourth-order valence-corrected chi connectivity index (χ4v) is 2.42. The minimum absolute atomic E-state index is 0.296. The van der Waals surface area contributed by atoms with E-state index in [4.69, 9.17) is 15.6 Å². The highest BCUT2D eigenvalue weighted by Crippen LogP contribution is 2.33. The molecule has 23 heavy (non-hydrogen) atoms. The fraction of sp³-hybridized carbons (Fsp3) is 0.529. The smallest absolute Gasteiger partial charge is 0.346 e. The molecule has 0 unspecified atom stereocenters. The highest BCUT2D eigenvalue weighted by atomic mass is 19.3. The Morgan fingerprint density at radius 1 is 1.17 bits per heavy atom. The lowest BCUT2D eigenvalue weighted by molar-refractivity contribution is 0.0541. The molecule has 0 aliphatic carbocycles. The lowest BCUT2D eigenvalue weighted by Crippen LogP contribution is -2.31. The second-order valence-electron chi connectivity index (χ2n) is 6.03. The fourth-order valence-electron chi connectivity index (χ4n) is 2.42. The molecule has 0 saturated carbocycles. The lowest BCUT2D eigenvalue weighted by atomic mass is 9.90. The summed E-state index contributed by atoms with van der Waals surface area (Å²) in [7, 11) is 0. The van der Waals surface area contributed by atoms with Gasteiger partial charge < -0.3 is 9.47 Å². The number of benzene rings is 1. The molecular weight excluding hydrogens is 302 g/mol. The largest absolute Gasteiger partial charge is 0.423 e. The summed E-state index contributed by atoms with van der Waals surface area (Å²) in [5.41, 5.74) is 0.713. The average molecular weight is 324 g/mol. The standard InChI is InChI=1S/C17H22F2N2O2/c1-11(2)15(20)23-16(21)17(18,19)14-5-3-12(4-6-14)13-7-9-22-10-8-13/h3-6,11,13,20-21H,7-10H2,1-2H3. The van der Waals surface area contributed by atoms with Crippen LogP contribution in [0.3, 0.4) is 0 Å². The van der Waals surface area contributed by atoms with Gasteiger partial charge in [0.25, 0.3) is 5.90 Å². The monoisotopic (exact) mass is 324 g/mol. The van der Waals surface area contributed by atoms with Crippen LogP contribution < -0.4 is 0 Å². The van der Waals surface area contributed by atoms with E-state index in [-0.39, 0.29) is 17.4 Å². The van der Waals surface area contributed by atoms with E-state index in [9.17, 15) is 8.78 Å². The maximum Gasteiger partial charge on any atom is 0.346 e. The van der Waals surface area contributed by atoms with Crippen LogP contribution in [-0.4, -0.2) is 25.0 Å². The predicted octanol–water partition coefficient (Wildman–Crippen LogP) is 4.30. The molecule has 0 bridgehead atoms. The summed E-state index contributed by atoms with van der Waals surface area (Å²) in [6, 6.07) is 6.03. The van der Waals surface area contributed by atoms with E-state index < -0.39 is 11.8 Å². The normalized spacial score (nSPS) is 16.4. The van der Waals surface area contributed by atoms with Gasteiger partial charge in [0.1, 0.15) is 0 Å². The SMILES string of the molecule is CC(C)C(=N)OC(=N)C(F)(F)c1ccc(C2CCOCC2)cc1. The first kappa shape index (κ1) is 17.5. The molecule has 0 radical (unpaired) electrons. The molecule has 1 aliphatic heterocycles. The van der Waals surface area contributed by atoms with Crippen molar-refractivity contribution in [1.82, 2.24) is 0 Å². The van der Waals surface area contributed by atoms with Crippen LogP contribution in [-0.2, 0) is 15.4 Å². The second-order valence-corrected chi connectivity index (χ2v) is 6.03. The van der Waals surface area contributed by atoms with Crippen molar-refractivity contribution in [3.05, 3.63) is 35.4 Å². The van der Waals surface area contributed by atoms with Gasteiger partial charge >= 0.3 is 5.92 Å². The number of nitrogens with one attached hydrogen (secondary N) is 2. The summed E-state index contributed by atoms with van der Waals surface area (Å²) in [6.45, 7) is 4.68. The molecule has 0 spiro atoms. The summed E-state index contributed by atoms with van der Waals surface area (Å²) in [6.07, 6.45) is 1.78. The summed E-state index contributed by atoms with van der Waals surface area (Å²) in [5.74, 6) is -5.11. The van der Waals surface area contributed by atoms with Gasteiger partial charge in [-0.1, -0.05) is 38.1 Å². The first-order valence-electron chi connectivity index (χ1n) is 7.73. The zero-order valence-corrected chi connectivity index (χ0v) is 13.4. The minimum Gasteiger partial charge on any atom is -0.423 e. The molecule has 2 rings (SSSR count). The van der Waals surface area contributed by atoms with Crippen molar-refractivity contribution in [2.45, 2.75) is 38.5 Å². The Hall–Kier alpha value is -1.82. The van der Waals surface area contributed by atoms with Crippen LogP contribution in [0.1, 0.15) is 43.7 Å². The number of hydrogen-bond donors (Lipinski definition) is 2. The Bertz CT molecular complexity index is 564. The van der Waals surface area contributed by atoms with Crippen molar-refractivity contribution in [2.24, 2.45) is 5.92 Å². The van der Waals surface area contributed by atoms with Gasteiger partial charge in [0.05, 0.1) is 0 Å². The first-order chi connectivity index (χ1) is 10.8. The van der Waals surface area contributed by atoms with Crippen LogP contribution in [0, 0.1) is 16.7 Å². The summed E-state index contributed by atoms with van der Waals surface area (Å²) >= 11 is 0. The van der Waals surface area contributed by atoms with Gasteiger partial charge in [0.15, 0.2) is 5.90 Å². The van der Waals surface area contributed by atoms with Crippen LogP contribution in [0.2, 0.25) is 0 Å². The zero-order chi connectivity index (χ0) is 17.0. The van der Waals surface area contributed by atoms with E-state index in [2.05, 4.69) is 4.74 Å². The van der Waals surface area contributed by atoms with Gasteiger partial charge in [-0.05, 0) is 24.3 Å². The van der Waals surface area contributed by atoms with Gasteiger partial charge in [-0.2, -0.15) is 8.78 Å². The molecule has 1 aromatic carbocycles. The molecule has 6 heteroatoms. The zero-order valence-electron chi connectivity index (χ0n) is 13.4. The Kier molecular flexibility index (Phi) is 5.46. The predicted molar refractivity (Wildman–Crippen MR) is 84.5 cm³/mol. The number of alkyl halides is 2. The van der Waals surface area contributed by atoms with Gasteiger partial charge in [-0.25, -0.2) is 0 Å². The minimum atomic E-state index is -3.55. The summed E-state index contributed by atoms with van der Waals surface area (Å²) in [5, 5.41) is 14.9. The van der Waals surface area contributed by atoms with Crippen molar-refractivity contribution in [3.8, 4) is 0 Å². The first-order valence-corrected chi connectivity index (χ1v) is 7.73. The molecule has 126 valence electrons. The van der Waals surface area contributed by atoms with Crippen molar-refractivity contribution in [3.63, 3.8) is 0 Å². The Balaban J connectivity index is 2.10. The molecule has 1 fully saturated rings. The highest BCUT2D eigenvalue weighted by Gasteiger charge is 2.40. The van der Waals surface area contributed by atoms with Gasteiger partial charge in [-0.15, -0.1) is 0 Å². The molecule has 0 amide bonds. The van der Waals surface area contributed by atoms with Crippen molar-refractivity contribution in [1.29, 1.82) is 10.8 Å². The summed E-state index contributed by atoms with van der Waals surface area (Å²) < 4.78 is 38.5. The van der Waals surface area contributed by atoms with Crippen molar-refractivity contribution >= 4 is 11.8 Å². The molecule has 0 aromatic heterocycles. The third kappa shape index (κ3) is 4.13. The van der Waals surface area contributed by atoms with E-state index in [1.807, 2.05) is 0 Å². The number of hydrogen-bond acceptors (Lipinski definition) is 4. The average Bonchev–Trinajstić information content (AvgIpc) is 2.55. The molecule has 0 atom stereocenters. The Morgan fingerprint density at radius 3 is 2.26 bits per heavy atom. The molecule has 2 N–H and O–H groups in total. The quantitative estimate of drug-likeness (QED) is 0.640. The Morgan fingerprint density at radius 2 is 1.74 bits per heavy atom. The number of ether oxygens (including phenoxy) is 2. The van der Waals surface area contributed by atoms with E-state index in [0.29, 0.717) is 19.1 Å². The Labute approximate surface area is 134 Å². The molecular formula is C17H22F2N2O2. The van der Waals surface area contributed by atoms with Crippen molar-refractivity contribution in [2.75, 3.05) is 13.2 Å². The van der Waals surface area contributed by atoms with E-state index in [1.54, 1.807) is 26.0 Å². The molecule has 1 aliphatic rings. The maximum atomic E-state index is 14.3. The van der Waals surface area contributed by atoms with E-state index in [1.165, 1.54) is 12.1 Å². The van der Waals surface area contributed by atoms with Crippen LogP contribution >= 0.6 is 0 Å².